The highest BCUT2D eigenvalue weighted by atomic mass is 15.1. The zero-order chi connectivity index (χ0) is 35.6. The van der Waals surface area contributed by atoms with Crippen LogP contribution in [0.1, 0.15) is 0 Å². The van der Waals surface area contributed by atoms with Crippen molar-refractivity contribution in [1.82, 2.24) is 4.57 Å². The van der Waals surface area contributed by atoms with Crippen molar-refractivity contribution >= 4 is 71.2 Å². The summed E-state index contributed by atoms with van der Waals surface area (Å²) in [6.07, 6.45) is 0. The first-order valence-electron chi connectivity index (χ1n) is 18.6. The van der Waals surface area contributed by atoms with Crippen molar-refractivity contribution in [2.45, 2.75) is 0 Å². The van der Waals surface area contributed by atoms with E-state index >= 15 is 0 Å². The van der Waals surface area contributed by atoms with Gasteiger partial charge in [0.25, 0.3) is 0 Å². The second-order valence-corrected chi connectivity index (χ2v) is 14.1. The number of rotatable bonds is 6. The van der Waals surface area contributed by atoms with Crippen molar-refractivity contribution in [3.63, 3.8) is 0 Å². The lowest BCUT2D eigenvalue weighted by molar-refractivity contribution is 1.20. The van der Waals surface area contributed by atoms with Crippen molar-refractivity contribution in [3.8, 4) is 27.9 Å². The molecule has 2 nitrogen and oxygen atoms in total. The van der Waals surface area contributed by atoms with Crippen LogP contribution in [0, 0.1) is 0 Å². The Kier molecular flexibility index (Phi) is 6.90. The van der Waals surface area contributed by atoms with Crippen molar-refractivity contribution in [2.24, 2.45) is 0 Å². The van der Waals surface area contributed by atoms with E-state index in [2.05, 4.69) is 216 Å². The van der Waals surface area contributed by atoms with Crippen LogP contribution in [0.5, 0.6) is 0 Å². The average Bonchev–Trinajstić information content (AvgIpc) is 3.58. The van der Waals surface area contributed by atoms with E-state index in [4.69, 9.17) is 0 Å². The molecule has 1 heterocycles. The van der Waals surface area contributed by atoms with Gasteiger partial charge in [-0.1, -0.05) is 152 Å². The SMILES string of the molecule is c1ccc(-c2cccc(-c3cccc(N(c4ccccc4)c4ccc5ccc6c(-n7c8ccccc8c8ccccc87)ccc7ccc4c5c76)c3)c2)cc1. The van der Waals surface area contributed by atoms with E-state index in [0.29, 0.717) is 0 Å². The highest BCUT2D eigenvalue weighted by molar-refractivity contribution is 6.27. The van der Waals surface area contributed by atoms with Gasteiger partial charge >= 0.3 is 0 Å². The van der Waals surface area contributed by atoms with Gasteiger partial charge in [-0.05, 0) is 98.4 Å². The van der Waals surface area contributed by atoms with Gasteiger partial charge in [-0.15, -0.1) is 0 Å². The first-order valence-corrected chi connectivity index (χ1v) is 18.6. The minimum Gasteiger partial charge on any atom is -0.310 e. The van der Waals surface area contributed by atoms with Gasteiger partial charge in [0.2, 0.25) is 0 Å². The standard InChI is InChI=1S/C52H34N2/c1-3-13-35(14-4-1)38-15-11-16-39(33-38)40-17-12-20-42(34-40)53(41-18-5-2-6-19-41)49-31-27-36-26-30-46-50(32-28-37-25-29-45(49)51(36)52(37)46)54-47-23-9-7-21-43(47)44-22-8-10-24-48(44)54/h1-34H. The minimum atomic E-state index is 1.12. The number of fused-ring (bicyclic) bond motifs is 3. The van der Waals surface area contributed by atoms with Gasteiger partial charge in [-0.3, -0.25) is 0 Å². The topological polar surface area (TPSA) is 8.17 Å². The summed E-state index contributed by atoms with van der Waals surface area (Å²) in [5.74, 6) is 0. The Morgan fingerprint density at radius 3 is 1.54 bits per heavy atom. The molecule has 0 unspecified atom stereocenters. The molecule has 54 heavy (non-hydrogen) atoms. The fourth-order valence-electron chi connectivity index (χ4n) is 8.68. The number of anilines is 3. The Bertz CT molecular complexity index is 3100. The fourth-order valence-corrected chi connectivity index (χ4v) is 8.68. The molecule has 252 valence electrons. The van der Waals surface area contributed by atoms with Crippen molar-refractivity contribution in [1.29, 1.82) is 0 Å². The molecule has 0 radical (unpaired) electrons. The molecule has 1 aromatic heterocycles. The molecular formula is C52H34N2. The highest BCUT2D eigenvalue weighted by Gasteiger charge is 2.21. The Balaban J connectivity index is 1.13. The van der Waals surface area contributed by atoms with Gasteiger partial charge in [0.15, 0.2) is 0 Å². The molecule has 0 aliphatic heterocycles. The zero-order valence-corrected chi connectivity index (χ0v) is 29.5. The molecule has 0 spiro atoms. The molecule has 10 aromatic carbocycles. The van der Waals surface area contributed by atoms with Crippen molar-refractivity contribution in [2.75, 3.05) is 4.90 Å². The van der Waals surface area contributed by atoms with Crippen LogP contribution in [-0.2, 0) is 0 Å². The maximum Gasteiger partial charge on any atom is 0.0541 e. The lowest BCUT2D eigenvalue weighted by Gasteiger charge is -2.28. The molecule has 0 N–H and O–H groups in total. The molecule has 0 amide bonds. The van der Waals surface area contributed by atoms with Crippen LogP contribution in [0.15, 0.2) is 206 Å². The molecule has 0 aliphatic carbocycles. The van der Waals surface area contributed by atoms with E-state index in [1.54, 1.807) is 0 Å². The Labute approximate surface area is 313 Å². The van der Waals surface area contributed by atoms with Crippen molar-refractivity contribution < 1.29 is 0 Å². The summed E-state index contributed by atoms with van der Waals surface area (Å²) in [5.41, 5.74) is 11.8. The van der Waals surface area contributed by atoms with E-state index in [1.165, 1.54) is 82.1 Å². The Hall–Kier alpha value is -7.16. The van der Waals surface area contributed by atoms with Crippen molar-refractivity contribution in [3.05, 3.63) is 206 Å². The third kappa shape index (κ3) is 4.74. The number of hydrogen-bond donors (Lipinski definition) is 0. The summed E-state index contributed by atoms with van der Waals surface area (Å²) in [6, 6.07) is 75.2. The van der Waals surface area contributed by atoms with Gasteiger partial charge in [0, 0.05) is 32.9 Å². The summed E-state index contributed by atoms with van der Waals surface area (Å²) in [5, 5.41) is 10.1. The van der Waals surface area contributed by atoms with Crippen LogP contribution < -0.4 is 4.90 Å². The van der Waals surface area contributed by atoms with E-state index in [-0.39, 0.29) is 0 Å². The Morgan fingerprint density at radius 1 is 0.315 bits per heavy atom. The summed E-state index contributed by atoms with van der Waals surface area (Å²) >= 11 is 0. The summed E-state index contributed by atoms with van der Waals surface area (Å²) in [6.45, 7) is 0. The molecule has 11 rings (SSSR count). The molecule has 0 saturated heterocycles. The van der Waals surface area contributed by atoms with Crippen LogP contribution in [0.2, 0.25) is 0 Å². The maximum atomic E-state index is 2.45. The third-order valence-corrected chi connectivity index (χ3v) is 11.1. The molecule has 0 fully saturated rings. The van der Waals surface area contributed by atoms with Crippen LogP contribution in [0.25, 0.3) is 82.1 Å². The van der Waals surface area contributed by atoms with E-state index in [0.717, 1.165) is 17.1 Å². The van der Waals surface area contributed by atoms with E-state index in [9.17, 15) is 0 Å². The maximum absolute atomic E-state index is 2.45. The lowest BCUT2D eigenvalue weighted by atomic mass is 9.92. The van der Waals surface area contributed by atoms with E-state index < -0.39 is 0 Å². The number of benzene rings is 10. The number of hydrogen-bond acceptors (Lipinski definition) is 1. The fraction of sp³-hybridized carbons (Fsp3) is 0. The predicted octanol–water partition coefficient (Wildman–Crippen LogP) is 14.5. The van der Waals surface area contributed by atoms with Crippen LogP contribution in [0.4, 0.5) is 17.1 Å². The highest BCUT2D eigenvalue weighted by Crippen LogP contribution is 2.46. The van der Waals surface area contributed by atoms with Gasteiger partial charge in [0.1, 0.15) is 0 Å². The van der Waals surface area contributed by atoms with Crippen LogP contribution in [0.3, 0.4) is 0 Å². The van der Waals surface area contributed by atoms with Gasteiger partial charge in [-0.25, -0.2) is 0 Å². The lowest BCUT2D eigenvalue weighted by Crippen LogP contribution is -2.10. The van der Waals surface area contributed by atoms with Gasteiger partial charge in [-0.2, -0.15) is 0 Å². The molecule has 2 heteroatoms. The monoisotopic (exact) mass is 686 g/mol. The molecule has 0 aliphatic rings. The number of nitrogens with zero attached hydrogens (tertiary/aromatic N) is 2. The molecule has 0 atom stereocenters. The zero-order valence-electron chi connectivity index (χ0n) is 29.5. The first kappa shape index (κ1) is 30.5. The van der Waals surface area contributed by atoms with Gasteiger partial charge in [0.05, 0.1) is 22.4 Å². The summed E-state index contributed by atoms with van der Waals surface area (Å²) < 4.78 is 2.45. The number of aromatic nitrogens is 1. The largest absolute Gasteiger partial charge is 0.310 e. The van der Waals surface area contributed by atoms with Crippen LogP contribution in [-0.4, -0.2) is 4.57 Å². The number of para-hydroxylation sites is 3. The molecule has 11 aromatic rings. The smallest absolute Gasteiger partial charge is 0.0541 e. The molecule has 0 bridgehead atoms. The summed E-state index contributed by atoms with van der Waals surface area (Å²) in [4.78, 5) is 2.42. The van der Waals surface area contributed by atoms with Crippen LogP contribution >= 0.6 is 0 Å². The minimum absolute atomic E-state index is 1.12. The quantitative estimate of drug-likeness (QED) is 0.158. The normalized spacial score (nSPS) is 11.7. The van der Waals surface area contributed by atoms with Gasteiger partial charge < -0.3 is 9.47 Å². The second-order valence-electron chi connectivity index (χ2n) is 14.1. The second kappa shape index (κ2) is 12.2. The molecule has 0 saturated carbocycles. The Morgan fingerprint density at radius 2 is 0.815 bits per heavy atom. The predicted molar refractivity (Wildman–Crippen MR) is 230 cm³/mol. The molecular weight excluding hydrogens is 653 g/mol. The van der Waals surface area contributed by atoms with E-state index in [1.807, 2.05) is 0 Å². The first-order chi connectivity index (χ1) is 26.8. The summed E-state index contributed by atoms with van der Waals surface area (Å²) in [7, 11) is 0. The average molecular weight is 687 g/mol. The third-order valence-electron chi connectivity index (χ3n) is 11.1.